The topological polar surface area (TPSA) is 89.5 Å². The van der Waals surface area contributed by atoms with E-state index in [0.717, 1.165) is 41.7 Å². The van der Waals surface area contributed by atoms with Crippen molar-refractivity contribution in [2.24, 2.45) is 4.99 Å². The molecule has 1 aromatic rings. The number of hydrogen-bond acceptors (Lipinski definition) is 6. The third-order valence-electron chi connectivity index (χ3n) is 7.33. The van der Waals surface area contributed by atoms with Crippen LogP contribution in [0.5, 0.6) is 0 Å². The van der Waals surface area contributed by atoms with E-state index in [1.165, 1.54) is 7.11 Å². The molecule has 2 amide bonds. The first kappa shape index (κ1) is 23.8. The summed E-state index contributed by atoms with van der Waals surface area (Å²) >= 11 is 0. The number of carbonyl (C=O) groups excluding carboxylic acids is 2. The molecular formula is C24H34BN3O5. The predicted molar refractivity (Wildman–Crippen MR) is 127 cm³/mol. The maximum absolute atomic E-state index is 13.1. The zero-order chi connectivity index (χ0) is 24.0. The molecule has 2 fully saturated rings. The quantitative estimate of drug-likeness (QED) is 0.706. The number of carbonyl (C=O) groups is 2. The van der Waals surface area contributed by atoms with Crippen molar-refractivity contribution in [1.82, 2.24) is 10.2 Å². The Kier molecular flexibility index (Phi) is 6.31. The Balaban J connectivity index is 1.49. The fourth-order valence-electron chi connectivity index (χ4n) is 4.65. The van der Waals surface area contributed by atoms with Gasteiger partial charge in [-0.1, -0.05) is 12.1 Å². The van der Waals surface area contributed by atoms with Crippen molar-refractivity contribution < 1.29 is 23.6 Å². The average Bonchev–Trinajstić information content (AvgIpc) is 3.29. The first-order valence-corrected chi connectivity index (χ1v) is 11.7. The second-order valence-corrected chi connectivity index (χ2v) is 10.2. The highest BCUT2D eigenvalue weighted by molar-refractivity contribution is 6.62. The molecule has 33 heavy (non-hydrogen) atoms. The fraction of sp³-hybridized carbons (Fsp3) is 0.625. The van der Waals surface area contributed by atoms with E-state index in [4.69, 9.17) is 14.3 Å². The second kappa shape index (κ2) is 8.76. The lowest BCUT2D eigenvalue weighted by Crippen LogP contribution is -2.54. The van der Waals surface area contributed by atoms with Crippen LogP contribution in [0.15, 0.2) is 23.2 Å². The minimum atomic E-state index is -0.655. The Morgan fingerprint density at radius 3 is 2.58 bits per heavy atom. The summed E-state index contributed by atoms with van der Waals surface area (Å²) in [5.41, 5.74) is 3.25. The number of hydrogen-bond donors (Lipinski definition) is 1. The van der Waals surface area contributed by atoms with E-state index >= 15 is 0 Å². The molecule has 178 valence electrons. The number of nitrogens with zero attached hydrogens (tertiary/aromatic N) is 2. The molecule has 0 unspecified atom stereocenters. The van der Waals surface area contributed by atoms with Crippen molar-refractivity contribution in [3.8, 4) is 0 Å². The number of amides is 2. The zero-order valence-corrected chi connectivity index (χ0v) is 20.4. The lowest BCUT2D eigenvalue weighted by Gasteiger charge is -2.37. The summed E-state index contributed by atoms with van der Waals surface area (Å²) in [5.74, 6) is -0.110. The van der Waals surface area contributed by atoms with Gasteiger partial charge in [-0.3, -0.25) is 9.79 Å². The van der Waals surface area contributed by atoms with E-state index in [1.54, 1.807) is 6.92 Å². The molecule has 0 spiro atoms. The summed E-state index contributed by atoms with van der Waals surface area (Å²) in [4.78, 5) is 31.4. The van der Waals surface area contributed by atoms with Crippen LogP contribution in [-0.2, 0) is 25.3 Å². The summed E-state index contributed by atoms with van der Waals surface area (Å²) < 4.78 is 17.1. The minimum absolute atomic E-state index is 0.0687. The van der Waals surface area contributed by atoms with Crippen LogP contribution in [-0.4, -0.2) is 66.7 Å². The summed E-state index contributed by atoms with van der Waals surface area (Å²) in [5, 5.41) is 2.59. The van der Waals surface area contributed by atoms with Crippen LogP contribution < -0.4 is 10.8 Å². The average molecular weight is 455 g/mol. The molecule has 3 aliphatic heterocycles. The lowest BCUT2D eigenvalue weighted by atomic mass is 9.78. The Labute approximate surface area is 196 Å². The van der Waals surface area contributed by atoms with Gasteiger partial charge in [-0.25, -0.2) is 4.79 Å². The first-order valence-electron chi connectivity index (χ1n) is 11.7. The number of methoxy groups -OCH3 is 1. The Hall–Kier alpha value is -2.39. The number of aliphatic imine (C=N–C) groups is 1. The van der Waals surface area contributed by atoms with Gasteiger partial charge in [-0.2, -0.15) is 0 Å². The van der Waals surface area contributed by atoms with Crippen LogP contribution in [0.25, 0.3) is 0 Å². The first-order chi connectivity index (χ1) is 15.5. The highest BCUT2D eigenvalue weighted by Gasteiger charge is 2.51. The molecule has 9 heteroatoms. The van der Waals surface area contributed by atoms with Gasteiger partial charge in [0.1, 0.15) is 6.04 Å². The molecule has 0 saturated carbocycles. The largest absolute Gasteiger partial charge is 0.494 e. The molecule has 2 saturated heterocycles. The van der Waals surface area contributed by atoms with Gasteiger partial charge >= 0.3 is 13.2 Å². The monoisotopic (exact) mass is 455 g/mol. The second-order valence-electron chi connectivity index (χ2n) is 10.2. The number of piperidine rings is 1. The highest BCUT2D eigenvalue weighted by atomic mass is 16.7. The van der Waals surface area contributed by atoms with E-state index < -0.39 is 30.5 Å². The number of benzene rings is 1. The van der Waals surface area contributed by atoms with Crippen LogP contribution >= 0.6 is 0 Å². The third kappa shape index (κ3) is 4.53. The minimum Gasteiger partial charge on any atom is -0.453 e. The summed E-state index contributed by atoms with van der Waals surface area (Å²) in [6.07, 6.45) is 2.94. The Bertz CT molecular complexity index is 961. The SMILES string of the molecule is COC(=O)N[C@@H](C)C(=O)N1CCCC[C@H]1C1=Nc2ccc(B3OC(C)(C)C(C)(C)O3)cc2C1. The van der Waals surface area contributed by atoms with Gasteiger partial charge in [0.25, 0.3) is 0 Å². The smallest absolute Gasteiger partial charge is 0.453 e. The standard InChI is InChI=1S/C24H34BN3O5/c1-15(26-22(30)31-6)21(29)28-12-8-7-9-20(28)19-14-16-13-17(10-11-18(16)27-19)25-32-23(2,3)24(4,5)33-25/h10-11,13,15,20H,7-9,12,14H2,1-6H3,(H,26,30)/t15-,20-/m0/s1. The van der Waals surface area contributed by atoms with Crippen molar-refractivity contribution in [3.63, 3.8) is 0 Å². The maximum Gasteiger partial charge on any atom is 0.494 e. The van der Waals surface area contributed by atoms with Crippen molar-refractivity contribution >= 4 is 36.0 Å². The molecule has 3 aliphatic rings. The number of likely N-dealkylation sites (tertiary alicyclic amines) is 1. The normalized spacial score (nSPS) is 24.2. The molecule has 0 bridgehead atoms. The fourth-order valence-corrected chi connectivity index (χ4v) is 4.65. The van der Waals surface area contributed by atoms with E-state index in [1.807, 2.05) is 44.7 Å². The van der Waals surface area contributed by atoms with Gasteiger partial charge in [-0.15, -0.1) is 0 Å². The van der Waals surface area contributed by atoms with Crippen LogP contribution in [0.4, 0.5) is 10.5 Å². The lowest BCUT2D eigenvalue weighted by molar-refractivity contribution is -0.135. The van der Waals surface area contributed by atoms with Gasteiger partial charge in [0.15, 0.2) is 0 Å². The molecule has 3 heterocycles. The van der Waals surface area contributed by atoms with Crippen molar-refractivity contribution in [2.45, 2.75) is 83.6 Å². The third-order valence-corrected chi connectivity index (χ3v) is 7.33. The van der Waals surface area contributed by atoms with E-state index in [9.17, 15) is 9.59 Å². The highest BCUT2D eigenvalue weighted by Crippen LogP contribution is 2.37. The summed E-state index contributed by atoms with van der Waals surface area (Å²) in [7, 11) is 0.876. The molecule has 1 aromatic carbocycles. The zero-order valence-electron chi connectivity index (χ0n) is 20.4. The summed E-state index contributed by atoms with van der Waals surface area (Å²) in [6, 6.07) is 5.42. The molecular weight excluding hydrogens is 421 g/mol. The maximum atomic E-state index is 13.1. The molecule has 4 rings (SSSR count). The van der Waals surface area contributed by atoms with Gasteiger partial charge in [0, 0.05) is 18.7 Å². The van der Waals surface area contributed by atoms with Crippen LogP contribution in [0.2, 0.25) is 0 Å². The number of alkyl carbamates (subject to hydrolysis) is 1. The van der Waals surface area contributed by atoms with E-state index in [-0.39, 0.29) is 11.9 Å². The number of rotatable bonds is 4. The number of fused-ring (bicyclic) bond motifs is 1. The number of ether oxygens (including phenoxy) is 1. The van der Waals surface area contributed by atoms with Crippen molar-refractivity contribution in [2.75, 3.05) is 13.7 Å². The summed E-state index contributed by atoms with van der Waals surface area (Å²) in [6.45, 7) is 10.5. The van der Waals surface area contributed by atoms with Crippen LogP contribution in [0.1, 0.15) is 59.4 Å². The van der Waals surface area contributed by atoms with E-state index in [2.05, 4.69) is 16.1 Å². The van der Waals surface area contributed by atoms with Gasteiger partial charge < -0.3 is 24.3 Å². The van der Waals surface area contributed by atoms with Gasteiger partial charge in [0.05, 0.1) is 30.0 Å². The van der Waals surface area contributed by atoms with Gasteiger partial charge in [0.2, 0.25) is 5.91 Å². The molecule has 8 nitrogen and oxygen atoms in total. The van der Waals surface area contributed by atoms with E-state index in [0.29, 0.717) is 13.0 Å². The number of nitrogens with one attached hydrogen (secondary N) is 1. The molecule has 0 aliphatic carbocycles. The van der Waals surface area contributed by atoms with Crippen LogP contribution in [0.3, 0.4) is 0 Å². The predicted octanol–water partition coefficient (Wildman–Crippen LogP) is 2.74. The molecule has 2 atom stereocenters. The van der Waals surface area contributed by atoms with Crippen molar-refractivity contribution in [1.29, 1.82) is 0 Å². The van der Waals surface area contributed by atoms with Crippen LogP contribution in [0, 0.1) is 0 Å². The molecule has 0 radical (unpaired) electrons. The molecule has 0 aromatic heterocycles. The Morgan fingerprint density at radius 1 is 1.21 bits per heavy atom. The Morgan fingerprint density at radius 2 is 1.91 bits per heavy atom. The van der Waals surface area contributed by atoms with Crippen molar-refractivity contribution in [3.05, 3.63) is 23.8 Å². The van der Waals surface area contributed by atoms with Gasteiger partial charge in [-0.05, 0) is 71.0 Å². The molecule has 1 N–H and O–H groups in total.